The number of hydrogen-bond acceptors (Lipinski definition) is 8. The smallest absolute Gasteiger partial charge is 0.203 e. The van der Waals surface area contributed by atoms with Gasteiger partial charge >= 0.3 is 0 Å². The molecule has 8 nitrogen and oxygen atoms in total. The number of furan rings is 2. The molecule has 4 rings (SSSR count). The molecule has 2 aromatic heterocycles. The van der Waals surface area contributed by atoms with Crippen LogP contribution in [0.3, 0.4) is 0 Å². The topological polar surface area (TPSA) is 81.7 Å². The fourth-order valence-electron chi connectivity index (χ4n) is 3.73. The van der Waals surface area contributed by atoms with Crippen molar-refractivity contribution >= 4 is 11.2 Å². The largest absolute Gasteiger partial charge is 0.493 e. The van der Waals surface area contributed by atoms with Crippen LogP contribution >= 0.6 is 0 Å². The van der Waals surface area contributed by atoms with Gasteiger partial charge in [0.15, 0.2) is 34.2 Å². The average molecular weight is 440 g/mol. The second-order valence-electron chi connectivity index (χ2n) is 6.75. The summed E-state index contributed by atoms with van der Waals surface area (Å²) in [6.45, 7) is 0. The van der Waals surface area contributed by atoms with Gasteiger partial charge in [-0.05, 0) is 29.8 Å². The van der Waals surface area contributed by atoms with Gasteiger partial charge in [0.1, 0.15) is 5.76 Å². The number of ether oxygens (including phenoxy) is 6. The molecule has 0 saturated heterocycles. The van der Waals surface area contributed by atoms with Crippen molar-refractivity contribution in [3.8, 4) is 56.9 Å². The zero-order valence-electron chi connectivity index (χ0n) is 18.7. The summed E-state index contributed by atoms with van der Waals surface area (Å²) in [7, 11) is 9.38. The van der Waals surface area contributed by atoms with E-state index in [0.717, 1.165) is 16.7 Å². The van der Waals surface area contributed by atoms with E-state index in [0.29, 0.717) is 51.4 Å². The molecule has 0 unspecified atom stereocenters. The Bertz CT molecular complexity index is 1200. The van der Waals surface area contributed by atoms with Gasteiger partial charge in [0.2, 0.25) is 11.5 Å². The quantitative estimate of drug-likeness (QED) is 0.360. The van der Waals surface area contributed by atoms with Crippen molar-refractivity contribution in [2.45, 2.75) is 0 Å². The number of methoxy groups -OCH3 is 6. The molecule has 0 atom stereocenters. The number of rotatable bonds is 8. The lowest BCUT2D eigenvalue weighted by atomic mass is 10.00. The summed E-state index contributed by atoms with van der Waals surface area (Å²) in [6.07, 6.45) is 1.58. The molecule has 2 heterocycles. The molecule has 0 spiro atoms. The molecule has 0 N–H and O–H groups in total. The van der Waals surface area contributed by atoms with Gasteiger partial charge in [-0.15, -0.1) is 0 Å². The highest BCUT2D eigenvalue weighted by Crippen LogP contribution is 2.49. The van der Waals surface area contributed by atoms with Crippen LogP contribution in [0.25, 0.3) is 33.6 Å². The van der Waals surface area contributed by atoms with Crippen molar-refractivity contribution in [3.63, 3.8) is 0 Å². The summed E-state index contributed by atoms with van der Waals surface area (Å²) in [5.74, 6) is 3.58. The van der Waals surface area contributed by atoms with Gasteiger partial charge in [0, 0.05) is 11.6 Å². The van der Waals surface area contributed by atoms with Crippen molar-refractivity contribution in [3.05, 3.63) is 36.6 Å². The molecular weight excluding hydrogens is 416 g/mol. The van der Waals surface area contributed by atoms with E-state index in [1.807, 2.05) is 24.3 Å². The zero-order chi connectivity index (χ0) is 22.8. The van der Waals surface area contributed by atoms with E-state index in [1.54, 1.807) is 55.0 Å². The van der Waals surface area contributed by atoms with Gasteiger partial charge in [-0.3, -0.25) is 0 Å². The standard InChI is InChI=1S/C24H24O8/c1-25-16-9-13(10-17(26-2)22(16)29-5)20-21(32-15-7-8-31-24(15)20)14-11-18(27-3)23(30-6)19(12-14)28-4/h7-12H,1-6H3. The highest BCUT2D eigenvalue weighted by atomic mass is 16.5. The third-order valence-electron chi connectivity index (χ3n) is 5.18. The number of benzene rings is 2. The molecule has 0 aliphatic heterocycles. The van der Waals surface area contributed by atoms with Crippen LogP contribution in [0.1, 0.15) is 0 Å². The molecule has 0 aliphatic carbocycles. The average Bonchev–Trinajstić information content (AvgIpc) is 3.43. The van der Waals surface area contributed by atoms with Gasteiger partial charge in [0.25, 0.3) is 0 Å². The summed E-state index contributed by atoms with van der Waals surface area (Å²) < 4.78 is 45.0. The maximum atomic E-state index is 6.20. The predicted octanol–water partition coefficient (Wildman–Crippen LogP) is 5.41. The summed E-state index contributed by atoms with van der Waals surface area (Å²) in [5.41, 5.74) is 3.38. The number of fused-ring (bicyclic) bond motifs is 1. The van der Waals surface area contributed by atoms with Crippen LogP contribution in [0, 0.1) is 0 Å². The van der Waals surface area contributed by atoms with Gasteiger partial charge < -0.3 is 37.3 Å². The Balaban J connectivity index is 2.02. The van der Waals surface area contributed by atoms with Crippen LogP contribution in [-0.4, -0.2) is 42.7 Å². The molecule has 0 aliphatic rings. The van der Waals surface area contributed by atoms with Crippen molar-refractivity contribution in [1.29, 1.82) is 0 Å². The monoisotopic (exact) mass is 440 g/mol. The van der Waals surface area contributed by atoms with E-state index < -0.39 is 0 Å². The van der Waals surface area contributed by atoms with E-state index in [2.05, 4.69) is 0 Å². The van der Waals surface area contributed by atoms with Crippen LogP contribution in [0.2, 0.25) is 0 Å². The van der Waals surface area contributed by atoms with Crippen molar-refractivity contribution in [2.24, 2.45) is 0 Å². The Labute approximate surface area is 185 Å². The molecule has 4 aromatic rings. The molecular formula is C24H24O8. The van der Waals surface area contributed by atoms with Crippen LogP contribution < -0.4 is 28.4 Å². The zero-order valence-corrected chi connectivity index (χ0v) is 18.7. The lowest BCUT2D eigenvalue weighted by molar-refractivity contribution is 0.324. The summed E-state index contributed by atoms with van der Waals surface area (Å²) >= 11 is 0. The first-order chi connectivity index (χ1) is 15.6. The lowest BCUT2D eigenvalue weighted by Gasteiger charge is -2.15. The summed E-state index contributed by atoms with van der Waals surface area (Å²) in [5, 5.41) is 0. The summed E-state index contributed by atoms with van der Waals surface area (Å²) in [4.78, 5) is 0. The minimum atomic E-state index is 0.489. The van der Waals surface area contributed by atoms with Crippen LogP contribution in [-0.2, 0) is 0 Å². The third-order valence-corrected chi connectivity index (χ3v) is 5.18. The van der Waals surface area contributed by atoms with E-state index in [1.165, 1.54) is 0 Å². The van der Waals surface area contributed by atoms with Crippen LogP contribution in [0.5, 0.6) is 34.5 Å². The second-order valence-corrected chi connectivity index (χ2v) is 6.75. The Kier molecular flexibility index (Phi) is 5.77. The molecule has 0 amide bonds. The first-order valence-corrected chi connectivity index (χ1v) is 9.70. The van der Waals surface area contributed by atoms with E-state index in [-0.39, 0.29) is 0 Å². The maximum Gasteiger partial charge on any atom is 0.203 e. The van der Waals surface area contributed by atoms with Crippen LogP contribution in [0.15, 0.2) is 45.4 Å². The van der Waals surface area contributed by atoms with Crippen molar-refractivity contribution in [1.82, 2.24) is 0 Å². The first-order valence-electron chi connectivity index (χ1n) is 9.70. The molecule has 0 saturated carbocycles. The molecule has 0 bridgehead atoms. The second kappa shape index (κ2) is 8.66. The van der Waals surface area contributed by atoms with Gasteiger partial charge in [-0.25, -0.2) is 0 Å². The lowest BCUT2D eigenvalue weighted by Crippen LogP contribution is -1.97. The number of hydrogen-bond donors (Lipinski definition) is 0. The fraction of sp³-hybridized carbons (Fsp3) is 0.250. The predicted molar refractivity (Wildman–Crippen MR) is 119 cm³/mol. The highest BCUT2D eigenvalue weighted by Gasteiger charge is 2.25. The van der Waals surface area contributed by atoms with Crippen LogP contribution in [0.4, 0.5) is 0 Å². The molecule has 0 radical (unpaired) electrons. The minimum Gasteiger partial charge on any atom is -0.493 e. The Morgan fingerprint density at radius 1 is 0.594 bits per heavy atom. The highest BCUT2D eigenvalue weighted by molar-refractivity contribution is 5.99. The van der Waals surface area contributed by atoms with Gasteiger partial charge in [0.05, 0.1) is 54.5 Å². The van der Waals surface area contributed by atoms with Crippen molar-refractivity contribution in [2.75, 3.05) is 42.7 Å². The Morgan fingerprint density at radius 3 is 1.50 bits per heavy atom. The molecule has 8 heteroatoms. The molecule has 0 fully saturated rings. The molecule has 168 valence electrons. The van der Waals surface area contributed by atoms with E-state index in [4.69, 9.17) is 37.3 Å². The normalized spacial score (nSPS) is 10.8. The SMILES string of the molecule is COc1cc(-c2oc3ccoc3c2-c2cc(OC)c(OC)c(OC)c2)cc(OC)c1OC. The van der Waals surface area contributed by atoms with E-state index >= 15 is 0 Å². The minimum absolute atomic E-state index is 0.489. The Hall–Kier alpha value is -3.94. The summed E-state index contributed by atoms with van der Waals surface area (Å²) in [6, 6.07) is 9.09. The van der Waals surface area contributed by atoms with Gasteiger partial charge in [-0.1, -0.05) is 0 Å². The maximum absolute atomic E-state index is 6.20. The Morgan fingerprint density at radius 2 is 1.06 bits per heavy atom. The fourth-order valence-corrected chi connectivity index (χ4v) is 3.73. The van der Waals surface area contributed by atoms with E-state index in [9.17, 15) is 0 Å². The molecule has 2 aromatic carbocycles. The molecule has 32 heavy (non-hydrogen) atoms. The first kappa shape index (κ1) is 21.3. The van der Waals surface area contributed by atoms with Gasteiger partial charge in [-0.2, -0.15) is 0 Å². The van der Waals surface area contributed by atoms with Crippen molar-refractivity contribution < 1.29 is 37.3 Å². The third kappa shape index (κ3) is 3.33.